The van der Waals surface area contributed by atoms with Crippen molar-refractivity contribution in [3.05, 3.63) is 157 Å². The van der Waals surface area contributed by atoms with Crippen molar-refractivity contribution in [1.29, 1.82) is 0 Å². The highest BCUT2D eigenvalue weighted by atomic mass is 14.9. The standard InChI is InChI=1S/C42H33N3/c1-42(2)37-18-10-9-17-35(37)36-25-30(19-20-38(36)42)32-22-33(31-16-11-21-43-27-31)24-34(23-32)41-44-39(28-12-5-3-6-13-28)26-40(45-41)29-14-7-4-8-15-29/h3-8,10-16,18-27H,9,17H2,1-2H3. The molecule has 0 bridgehead atoms. The molecule has 4 aromatic carbocycles. The van der Waals surface area contributed by atoms with E-state index in [1.807, 2.05) is 30.6 Å². The number of hydrogen-bond acceptors (Lipinski definition) is 3. The molecule has 3 heteroatoms. The van der Waals surface area contributed by atoms with Crippen LogP contribution in [0.15, 0.2) is 145 Å². The smallest absolute Gasteiger partial charge is 0.160 e. The Kier molecular flexibility index (Phi) is 6.60. The van der Waals surface area contributed by atoms with E-state index >= 15 is 0 Å². The van der Waals surface area contributed by atoms with Crippen LogP contribution in [0.5, 0.6) is 0 Å². The first-order valence-corrected chi connectivity index (χ1v) is 15.7. The van der Waals surface area contributed by atoms with Gasteiger partial charge >= 0.3 is 0 Å². The predicted molar refractivity (Wildman–Crippen MR) is 185 cm³/mol. The van der Waals surface area contributed by atoms with Crippen LogP contribution in [-0.2, 0) is 5.41 Å². The molecular weight excluding hydrogens is 546 g/mol. The van der Waals surface area contributed by atoms with Gasteiger partial charge in [0.25, 0.3) is 0 Å². The summed E-state index contributed by atoms with van der Waals surface area (Å²) in [6, 6.07) is 40.6. The lowest BCUT2D eigenvalue weighted by Gasteiger charge is -2.24. The average Bonchev–Trinajstić information content (AvgIpc) is 3.34. The van der Waals surface area contributed by atoms with Gasteiger partial charge in [-0.15, -0.1) is 0 Å². The SMILES string of the molecule is CC1(C)C2=C(CCC=C2)c2cc(-c3cc(-c4cccnc4)cc(-c4nc(-c5ccccc5)cc(-c5ccccc5)n4)c3)ccc21. The van der Waals surface area contributed by atoms with Gasteiger partial charge in [-0.3, -0.25) is 4.98 Å². The van der Waals surface area contributed by atoms with Gasteiger partial charge in [0, 0.05) is 40.1 Å². The van der Waals surface area contributed by atoms with Crippen LogP contribution in [0.1, 0.15) is 37.8 Å². The predicted octanol–water partition coefficient (Wildman–Crippen LogP) is 10.6. The largest absolute Gasteiger partial charge is 0.264 e. The van der Waals surface area contributed by atoms with Crippen molar-refractivity contribution in [2.45, 2.75) is 32.1 Å². The van der Waals surface area contributed by atoms with Gasteiger partial charge in [0.2, 0.25) is 0 Å². The van der Waals surface area contributed by atoms with Crippen LogP contribution in [0, 0.1) is 0 Å². The Labute approximate surface area is 264 Å². The Bertz CT molecular complexity index is 2050. The van der Waals surface area contributed by atoms with Crippen LogP contribution in [0.4, 0.5) is 0 Å². The maximum absolute atomic E-state index is 5.16. The van der Waals surface area contributed by atoms with Crippen molar-refractivity contribution in [3.63, 3.8) is 0 Å². The van der Waals surface area contributed by atoms with E-state index in [0.29, 0.717) is 5.82 Å². The number of hydrogen-bond donors (Lipinski definition) is 0. The van der Waals surface area contributed by atoms with Gasteiger partial charge in [-0.2, -0.15) is 0 Å². The third-order valence-corrected chi connectivity index (χ3v) is 9.25. The molecule has 0 atom stereocenters. The lowest BCUT2D eigenvalue weighted by atomic mass is 9.80. The molecule has 0 amide bonds. The highest BCUT2D eigenvalue weighted by Crippen LogP contribution is 2.51. The topological polar surface area (TPSA) is 38.7 Å². The summed E-state index contributed by atoms with van der Waals surface area (Å²) < 4.78 is 0. The second-order valence-electron chi connectivity index (χ2n) is 12.5. The number of rotatable bonds is 5. The molecule has 2 aliphatic carbocycles. The normalized spacial score (nSPS) is 14.7. The third-order valence-electron chi connectivity index (χ3n) is 9.25. The summed E-state index contributed by atoms with van der Waals surface area (Å²) in [7, 11) is 0. The zero-order valence-corrected chi connectivity index (χ0v) is 25.5. The summed E-state index contributed by atoms with van der Waals surface area (Å²) in [6.07, 6.45) is 10.6. The van der Waals surface area contributed by atoms with Gasteiger partial charge in [-0.25, -0.2) is 9.97 Å². The quantitative estimate of drug-likeness (QED) is 0.204. The molecule has 0 unspecified atom stereocenters. The van der Waals surface area contributed by atoms with Crippen LogP contribution in [-0.4, -0.2) is 15.0 Å². The Balaban J connectivity index is 1.33. The van der Waals surface area contributed by atoms with Crippen LogP contribution in [0.3, 0.4) is 0 Å². The molecule has 2 aliphatic rings. The number of aromatic nitrogens is 3. The third kappa shape index (κ3) is 4.91. The Morgan fingerprint density at radius 2 is 1.22 bits per heavy atom. The molecule has 0 saturated carbocycles. The number of allylic oxidation sites excluding steroid dienone is 4. The molecule has 0 aliphatic heterocycles. The minimum absolute atomic E-state index is 0.0163. The van der Waals surface area contributed by atoms with Crippen molar-refractivity contribution in [2.75, 3.05) is 0 Å². The molecular formula is C42H33N3. The fraction of sp³-hybridized carbons (Fsp3) is 0.119. The monoisotopic (exact) mass is 579 g/mol. The van der Waals surface area contributed by atoms with Crippen molar-refractivity contribution in [1.82, 2.24) is 15.0 Å². The lowest BCUT2D eigenvalue weighted by molar-refractivity contribution is 0.651. The maximum Gasteiger partial charge on any atom is 0.160 e. The van der Waals surface area contributed by atoms with E-state index in [1.54, 1.807) is 0 Å². The van der Waals surface area contributed by atoms with Crippen LogP contribution < -0.4 is 0 Å². The number of benzene rings is 4. The first-order valence-electron chi connectivity index (χ1n) is 15.7. The zero-order chi connectivity index (χ0) is 30.4. The summed E-state index contributed by atoms with van der Waals surface area (Å²) >= 11 is 0. The van der Waals surface area contributed by atoms with E-state index in [2.05, 4.69) is 128 Å². The summed E-state index contributed by atoms with van der Waals surface area (Å²) in [6.45, 7) is 4.71. The Morgan fingerprint density at radius 1 is 0.578 bits per heavy atom. The Hall–Kier alpha value is -5.41. The van der Waals surface area contributed by atoms with Crippen molar-refractivity contribution < 1.29 is 0 Å². The number of pyridine rings is 1. The second-order valence-corrected chi connectivity index (χ2v) is 12.5. The average molecular weight is 580 g/mol. The van der Waals surface area contributed by atoms with E-state index in [4.69, 9.17) is 9.97 Å². The van der Waals surface area contributed by atoms with Gasteiger partial charge in [-0.1, -0.05) is 105 Å². The lowest BCUT2D eigenvalue weighted by Crippen LogP contribution is -2.16. The molecule has 3 nitrogen and oxygen atoms in total. The minimum atomic E-state index is 0.0163. The number of fused-ring (bicyclic) bond motifs is 2. The van der Waals surface area contributed by atoms with E-state index in [1.165, 1.54) is 27.8 Å². The molecule has 2 aromatic heterocycles. The van der Waals surface area contributed by atoms with Crippen LogP contribution in [0.25, 0.3) is 61.7 Å². The van der Waals surface area contributed by atoms with E-state index < -0.39 is 0 Å². The van der Waals surface area contributed by atoms with E-state index in [0.717, 1.165) is 57.6 Å². The zero-order valence-electron chi connectivity index (χ0n) is 25.5. The fourth-order valence-electron chi connectivity index (χ4n) is 6.91. The van der Waals surface area contributed by atoms with Gasteiger partial charge in [0.05, 0.1) is 11.4 Å². The molecule has 0 spiro atoms. The van der Waals surface area contributed by atoms with Gasteiger partial charge in [0.1, 0.15) is 0 Å². The summed E-state index contributed by atoms with van der Waals surface area (Å²) in [4.78, 5) is 14.8. The molecule has 8 rings (SSSR count). The highest BCUT2D eigenvalue weighted by molar-refractivity contribution is 5.87. The summed E-state index contributed by atoms with van der Waals surface area (Å²) in [5.74, 6) is 0.701. The second kappa shape index (κ2) is 10.9. The first-order chi connectivity index (χ1) is 22.0. The molecule has 6 aromatic rings. The maximum atomic E-state index is 5.16. The molecule has 0 N–H and O–H groups in total. The Morgan fingerprint density at radius 3 is 1.89 bits per heavy atom. The van der Waals surface area contributed by atoms with Crippen LogP contribution >= 0.6 is 0 Å². The number of nitrogens with zero attached hydrogens (tertiary/aromatic N) is 3. The van der Waals surface area contributed by atoms with Crippen molar-refractivity contribution in [3.8, 4) is 56.2 Å². The molecule has 45 heavy (non-hydrogen) atoms. The molecule has 0 radical (unpaired) electrons. The van der Waals surface area contributed by atoms with Gasteiger partial charge < -0.3 is 0 Å². The molecule has 216 valence electrons. The summed E-state index contributed by atoms with van der Waals surface area (Å²) in [5.41, 5.74) is 15.2. The van der Waals surface area contributed by atoms with E-state index in [9.17, 15) is 0 Å². The van der Waals surface area contributed by atoms with Gasteiger partial charge in [-0.05, 0) is 88.2 Å². The summed E-state index contributed by atoms with van der Waals surface area (Å²) in [5, 5.41) is 0. The first kappa shape index (κ1) is 27.2. The molecule has 0 fully saturated rings. The molecule has 2 heterocycles. The van der Waals surface area contributed by atoms with Crippen molar-refractivity contribution >= 4 is 5.57 Å². The van der Waals surface area contributed by atoms with Gasteiger partial charge in [0.15, 0.2) is 5.82 Å². The van der Waals surface area contributed by atoms with E-state index in [-0.39, 0.29) is 5.41 Å². The fourth-order valence-corrected chi connectivity index (χ4v) is 6.91. The van der Waals surface area contributed by atoms with Crippen LogP contribution in [0.2, 0.25) is 0 Å². The highest BCUT2D eigenvalue weighted by Gasteiger charge is 2.37. The van der Waals surface area contributed by atoms with Crippen molar-refractivity contribution in [2.24, 2.45) is 0 Å². The minimum Gasteiger partial charge on any atom is -0.264 e. The molecule has 0 saturated heterocycles.